The molecule has 1 atom stereocenters. The molecule has 3 rings (SSSR count). The number of carbonyl (C=O) groups is 1. The highest BCUT2D eigenvalue weighted by molar-refractivity contribution is 6.42. The monoisotopic (exact) mass is 326 g/mol. The van der Waals surface area contributed by atoms with Crippen LogP contribution in [0.5, 0.6) is 0 Å². The van der Waals surface area contributed by atoms with E-state index in [2.05, 4.69) is 9.97 Å². The largest absolute Gasteiger partial charge is 0.468 e. The number of hydrogen-bond donors (Lipinski definition) is 1. The van der Waals surface area contributed by atoms with Gasteiger partial charge in [-0.15, -0.1) is 0 Å². The number of halogens is 2. The van der Waals surface area contributed by atoms with Gasteiger partial charge in [0.05, 0.1) is 28.2 Å². The van der Waals surface area contributed by atoms with Crippen LogP contribution in [0, 0.1) is 5.92 Å². The van der Waals surface area contributed by atoms with Gasteiger partial charge in [-0.05, 0) is 30.9 Å². The van der Waals surface area contributed by atoms with E-state index in [4.69, 9.17) is 27.9 Å². The number of aromatic amines is 1. The molecule has 0 amide bonds. The Bertz CT molecular complexity index is 639. The summed E-state index contributed by atoms with van der Waals surface area (Å²) >= 11 is 12.0. The molecule has 21 heavy (non-hydrogen) atoms. The Labute approximate surface area is 132 Å². The van der Waals surface area contributed by atoms with Crippen LogP contribution in [0.1, 0.15) is 37.4 Å². The molecule has 0 bridgehead atoms. The zero-order valence-electron chi connectivity index (χ0n) is 11.7. The molecule has 1 unspecified atom stereocenters. The van der Waals surface area contributed by atoms with Crippen molar-refractivity contribution in [3.8, 4) is 0 Å². The molecule has 1 aliphatic carbocycles. The zero-order valence-corrected chi connectivity index (χ0v) is 13.2. The lowest BCUT2D eigenvalue weighted by Crippen LogP contribution is -2.22. The number of methoxy groups -OCH3 is 1. The van der Waals surface area contributed by atoms with Crippen molar-refractivity contribution in [2.45, 2.75) is 31.6 Å². The topological polar surface area (TPSA) is 55.0 Å². The van der Waals surface area contributed by atoms with Gasteiger partial charge in [0.25, 0.3) is 0 Å². The second kappa shape index (κ2) is 5.85. The molecule has 1 fully saturated rings. The highest BCUT2D eigenvalue weighted by Crippen LogP contribution is 2.38. The van der Waals surface area contributed by atoms with Gasteiger partial charge >= 0.3 is 5.97 Å². The normalized spacial score (nSPS) is 17.3. The standard InChI is InChI=1S/C15H16Cl2N2O2/c1-21-15(20)13(8-4-2-3-5-8)14-18-11-6-9(16)10(17)7-12(11)19-14/h6-8,13H,2-5H2,1H3,(H,18,19). The molecule has 4 nitrogen and oxygen atoms in total. The molecule has 2 aromatic rings. The quantitative estimate of drug-likeness (QED) is 0.854. The van der Waals surface area contributed by atoms with Gasteiger partial charge in [-0.2, -0.15) is 0 Å². The van der Waals surface area contributed by atoms with Crippen LogP contribution >= 0.6 is 23.2 Å². The third kappa shape index (κ3) is 2.74. The first-order chi connectivity index (χ1) is 10.1. The maximum Gasteiger partial charge on any atom is 0.316 e. The zero-order chi connectivity index (χ0) is 15.0. The fourth-order valence-electron chi connectivity index (χ4n) is 3.12. The highest BCUT2D eigenvalue weighted by atomic mass is 35.5. The lowest BCUT2D eigenvalue weighted by Gasteiger charge is -2.18. The molecule has 6 heteroatoms. The van der Waals surface area contributed by atoms with Crippen LogP contribution in [0.3, 0.4) is 0 Å². The first-order valence-electron chi connectivity index (χ1n) is 7.02. The molecule has 112 valence electrons. The van der Waals surface area contributed by atoms with Gasteiger partial charge in [0.15, 0.2) is 0 Å². The summed E-state index contributed by atoms with van der Waals surface area (Å²) in [5.74, 6) is 0.339. The molecule has 0 radical (unpaired) electrons. The fourth-order valence-corrected chi connectivity index (χ4v) is 3.44. The molecule has 1 aromatic heterocycles. The number of benzene rings is 1. The van der Waals surface area contributed by atoms with Crippen LogP contribution < -0.4 is 0 Å². The van der Waals surface area contributed by atoms with E-state index in [1.165, 1.54) is 7.11 Å². The van der Waals surface area contributed by atoms with E-state index < -0.39 is 0 Å². The summed E-state index contributed by atoms with van der Waals surface area (Å²) in [6, 6.07) is 3.45. The smallest absolute Gasteiger partial charge is 0.316 e. The van der Waals surface area contributed by atoms with Crippen molar-refractivity contribution in [2.75, 3.05) is 7.11 Å². The van der Waals surface area contributed by atoms with Crippen LogP contribution in [-0.4, -0.2) is 23.0 Å². The predicted molar refractivity (Wildman–Crippen MR) is 82.8 cm³/mol. The van der Waals surface area contributed by atoms with Gasteiger partial charge in [0.2, 0.25) is 0 Å². The van der Waals surface area contributed by atoms with E-state index in [9.17, 15) is 4.79 Å². The molecule has 1 aromatic carbocycles. The second-order valence-corrected chi connectivity index (χ2v) is 6.27. The number of imidazole rings is 1. The Balaban J connectivity index is 2.04. The van der Waals surface area contributed by atoms with Gasteiger partial charge in [-0.1, -0.05) is 36.0 Å². The Morgan fingerprint density at radius 1 is 1.33 bits per heavy atom. The summed E-state index contributed by atoms with van der Waals surface area (Å²) in [5, 5.41) is 0.924. The number of carbonyl (C=O) groups excluding carboxylic acids is 1. The van der Waals surface area contributed by atoms with Gasteiger partial charge in [0, 0.05) is 0 Å². The minimum atomic E-state index is -0.345. The number of H-pyrrole nitrogens is 1. The van der Waals surface area contributed by atoms with Gasteiger partial charge in [0.1, 0.15) is 11.7 Å². The van der Waals surface area contributed by atoms with E-state index in [1.54, 1.807) is 12.1 Å². The summed E-state index contributed by atoms with van der Waals surface area (Å²) in [5.41, 5.74) is 1.50. The Morgan fingerprint density at radius 3 is 2.67 bits per heavy atom. The number of nitrogens with zero attached hydrogens (tertiary/aromatic N) is 1. The van der Waals surface area contributed by atoms with Gasteiger partial charge in [-0.3, -0.25) is 4.79 Å². The maximum absolute atomic E-state index is 12.2. The molecular weight excluding hydrogens is 311 g/mol. The fraction of sp³-hybridized carbons (Fsp3) is 0.467. The van der Waals surface area contributed by atoms with E-state index in [1.807, 2.05) is 0 Å². The number of hydrogen-bond acceptors (Lipinski definition) is 3. The van der Waals surface area contributed by atoms with Crippen molar-refractivity contribution in [1.82, 2.24) is 9.97 Å². The third-order valence-electron chi connectivity index (χ3n) is 4.16. The van der Waals surface area contributed by atoms with Crippen molar-refractivity contribution in [2.24, 2.45) is 5.92 Å². The van der Waals surface area contributed by atoms with E-state index in [0.717, 1.165) is 31.2 Å². The van der Waals surface area contributed by atoms with Crippen molar-refractivity contribution < 1.29 is 9.53 Å². The molecule has 0 aliphatic heterocycles. The molecule has 0 saturated heterocycles. The molecule has 0 spiro atoms. The average Bonchev–Trinajstić information content (AvgIpc) is 3.09. The number of nitrogens with one attached hydrogen (secondary N) is 1. The number of esters is 1. The van der Waals surface area contributed by atoms with Crippen LogP contribution in [0.2, 0.25) is 10.0 Å². The minimum absolute atomic E-state index is 0.238. The van der Waals surface area contributed by atoms with Crippen LogP contribution in [0.4, 0.5) is 0 Å². The number of fused-ring (bicyclic) bond motifs is 1. The van der Waals surface area contributed by atoms with E-state index >= 15 is 0 Å². The summed E-state index contributed by atoms with van der Waals surface area (Å²) in [6.45, 7) is 0. The number of aromatic nitrogens is 2. The second-order valence-electron chi connectivity index (χ2n) is 5.45. The van der Waals surface area contributed by atoms with Gasteiger partial charge < -0.3 is 9.72 Å². The molecular formula is C15H16Cl2N2O2. The van der Waals surface area contributed by atoms with Crippen LogP contribution in [-0.2, 0) is 9.53 Å². The third-order valence-corrected chi connectivity index (χ3v) is 4.89. The summed E-state index contributed by atoms with van der Waals surface area (Å²) in [4.78, 5) is 19.9. The number of rotatable bonds is 3. The minimum Gasteiger partial charge on any atom is -0.468 e. The lowest BCUT2D eigenvalue weighted by atomic mass is 9.90. The Morgan fingerprint density at radius 2 is 2.00 bits per heavy atom. The first-order valence-corrected chi connectivity index (χ1v) is 7.78. The van der Waals surface area contributed by atoms with Crippen molar-refractivity contribution in [3.05, 3.63) is 28.0 Å². The Kier molecular flexibility index (Phi) is 4.09. The van der Waals surface area contributed by atoms with Crippen LogP contribution in [0.15, 0.2) is 12.1 Å². The maximum atomic E-state index is 12.2. The summed E-state index contributed by atoms with van der Waals surface area (Å²) < 4.78 is 4.97. The number of ether oxygens (including phenoxy) is 1. The van der Waals surface area contributed by atoms with Crippen molar-refractivity contribution in [1.29, 1.82) is 0 Å². The Hall–Kier alpha value is -1.26. The van der Waals surface area contributed by atoms with Crippen molar-refractivity contribution in [3.63, 3.8) is 0 Å². The summed E-state index contributed by atoms with van der Waals surface area (Å²) in [6.07, 6.45) is 4.35. The average molecular weight is 327 g/mol. The SMILES string of the molecule is COC(=O)C(c1nc2cc(Cl)c(Cl)cc2[nH]1)C1CCCC1. The molecule has 1 N–H and O–H groups in total. The van der Waals surface area contributed by atoms with E-state index in [0.29, 0.717) is 21.4 Å². The van der Waals surface area contributed by atoms with Crippen molar-refractivity contribution >= 4 is 40.2 Å². The summed E-state index contributed by atoms with van der Waals surface area (Å²) in [7, 11) is 1.42. The first kappa shape index (κ1) is 14.7. The van der Waals surface area contributed by atoms with Gasteiger partial charge in [-0.25, -0.2) is 4.98 Å². The molecule has 1 saturated carbocycles. The molecule has 1 aliphatic rings. The lowest BCUT2D eigenvalue weighted by molar-refractivity contribution is -0.144. The van der Waals surface area contributed by atoms with E-state index in [-0.39, 0.29) is 17.8 Å². The van der Waals surface area contributed by atoms with Crippen LogP contribution in [0.25, 0.3) is 11.0 Å². The highest BCUT2D eigenvalue weighted by Gasteiger charge is 2.35. The molecule has 1 heterocycles. The predicted octanol–water partition coefficient (Wildman–Crippen LogP) is 4.32.